The van der Waals surface area contributed by atoms with Crippen LogP contribution in [0.25, 0.3) is 10.2 Å². The Balaban J connectivity index is 2.04. The Morgan fingerprint density at radius 3 is 2.82 bits per heavy atom. The summed E-state index contributed by atoms with van der Waals surface area (Å²) in [5.41, 5.74) is 1.20. The lowest BCUT2D eigenvalue weighted by molar-refractivity contribution is -0.120. The van der Waals surface area contributed by atoms with E-state index in [0.29, 0.717) is 5.75 Å². The highest BCUT2D eigenvalue weighted by Crippen LogP contribution is 2.34. The first-order valence-electron chi connectivity index (χ1n) is 7.09. The molecule has 2 aromatic rings. The van der Waals surface area contributed by atoms with Crippen molar-refractivity contribution in [3.05, 3.63) is 16.8 Å². The van der Waals surface area contributed by atoms with Gasteiger partial charge < -0.3 is 10.1 Å². The highest BCUT2D eigenvalue weighted by molar-refractivity contribution is 8.00. The first-order chi connectivity index (χ1) is 10.4. The highest BCUT2D eigenvalue weighted by atomic mass is 32.2. The van der Waals surface area contributed by atoms with Gasteiger partial charge in [-0.3, -0.25) is 4.79 Å². The lowest BCUT2D eigenvalue weighted by atomic mass is 10.2. The van der Waals surface area contributed by atoms with Gasteiger partial charge >= 0.3 is 0 Å². The molecule has 2 aromatic heterocycles. The van der Waals surface area contributed by atoms with Gasteiger partial charge in [-0.15, -0.1) is 11.3 Å². The van der Waals surface area contributed by atoms with Gasteiger partial charge in [-0.1, -0.05) is 11.8 Å². The minimum Gasteiger partial charge on any atom is -0.380 e. The average molecular weight is 339 g/mol. The van der Waals surface area contributed by atoms with E-state index in [0.717, 1.165) is 15.2 Å². The molecule has 2 atom stereocenters. The fourth-order valence-electron chi connectivity index (χ4n) is 2.01. The van der Waals surface area contributed by atoms with Crippen molar-refractivity contribution in [2.45, 2.75) is 44.9 Å². The van der Waals surface area contributed by atoms with Crippen molar-refractivity contribution in [1.29, 1.82) is 0 Å². The molecule has 0 aromatic carbocycles. The maximum Gasteiger partial charge on any atom is 0.230 e. The Labute approximate surface area is 138 Å². The number of carbonyl (C=O) groups excluding carboxylic acids is 1. The van der Waals surface area contributed by atoms with Crippen molar-refractivity contribution in [3.63, 3.8) is 0 Å². The molecule has 22 heavy (non-hydrogen) atoms. The van der Waals surface area contributed by atoms with Crippen molar-refractivity contribution in [1.82, 2.24) is 15.3 Å². The summed E-state index contributed by atoms with van der Waals surface area (Å²) in [5, 5.41) is 4.88. The third kappa shape index (κ3) is 3.77. The van der Waals surface area contributed by atoms with E-state index in [1.165, 1.54) is 22.2 Å². The molecule has 0 spiro atoms. The summed E-state index contributed by atoms with van der Waals surface area (Å²) in [6.07, 6.45) is 1.55. The van der Waals surface area contributed by atoms with Crippen LogP contribution in [0.1, 0.15) is 24.3 Å². The van der Waals surface area contributed by atoms with Crippen molar-refractivity contribution in [2.24, 2.45) is 0 Å². The second-order valence-electron chi connectivity index (χ2n) is 5.23. The minimum absolute atomic E-state index is 0.0125. The number of thioether (sulfide) groups is 1. The van der Waals surface area contributed by atoms with E-state index in [1.54, 1.807) is 24.8 Å². The lowest BCUT2D eigenvalue weighted by Crippen LogP contribution is -2.41. The minimum atomic E-state index is -0.0198. The molecule has 0 fully saturated rings. The van der Waals surface area contributed by atoms with E-state index in [1.807, 2.05) is 13.8 Å². The smallest absolute Gasteiger partial charge is 0.230 e. The zero-order valence-corrected chi connectivity index (χ0v) is 15.1. The molecule has 0 aliphatic carbocycles. The number of rotatable bonds is 6. The molecule has 5 nitrogen and oxygen atoms in total. The maximum absolute atomic E-state index is 12.0. The molecule has 0 bridgehead atoms. The summed E-state index contributed by atoms with van der Waals surface area (Å²) in [6.45, 7) is 8.02. The second-order valence-corrected chi connectivity index (χ2v) is 7.40. The predicted molar refractivity (Wildman–Crippen MR) is 91.7 cm³/mol. The Kier molecular flexibility index (Phi) is 5.77. The summed E-state index contributed by atoms with van der Waals surface area (Å²) < 4.78 is 5.21. The van der Waals surface area contributed by atoms with E-state index in [2.05, 4.69) is 29.1 Å². The number of nitrogens with zero attached hydrogens (tertiary/aromatic N) is 2. The van der Waals surface area contributed by atoms with Gasteiger partial charge in [0.2, 0.25) is 5.91 Å². The normalized spacial score (nSPS) is 14.0. The number of aromatic nitrogens is 2. The number of nitrogens with one attached hydrogen (secondary N) is 1. The number of methoxy groups -OCH3 is 1. The fraction of sp³-hybridized carbons (Fsp3) is 0.533. The molecule has 0 aliphatic heterocycles. The van der Waals surface area contributed by atoms with E-state index in [-0.39, 0.29) is 18.1 Å². The standard InChI is InChI=1S/C15H21N3O2S2/c1-8-11(4)22-15-13(8)14(16-7-17-15)21-6-12(19)18-9(2)10(3)20-5/h7,9-10H,6H2,1-5H3,(H,18,19)/t9-,10+/m0/s1. The molecule has 0 radical (unpaired) electrons. The van der Waals surface area contributed by atoms with E-state index in [9.17, 15) is 4.79 Å². The molecule has 120 valence electrons. The van der Waals surface area contributed by atoms with Crippen LogP contribution in [0.4, 0.5) is 0 Å². The first-order valence-corrected chi connectivity index (χ1v) is 8.90. The van der Waals surface area contributed by atoms with Crippen LogP contribution in [0.15, 0.2) is 11.4 Å². The van der Waals surface area contributed by atoms with Gasteiger partial charge in [-0.2, -0.15) is 0 Å². The second kappa shape index (κ2) is 7.39. The zero-order chi connectivity index (χ0) is 16.3. The first kappa shape index (κ1) is 17.2. The largest absolute Gasteiger partial charge is 0.380 e. The molecule has 0 unspecified atom stereocenters. The summed E-state index contributed by atoms with van der Waals surface area (Å²) >= 11 is 3.11. The molecule has 1 N–H and O–H groups in total. The fourth-order valence-corrected chi connectivity index (χ4v) is 3.94. The third-order valence-electron chi connectivity index (χ3n) is 3.74. The zero-order valence-electron chi connectivity index (χ0n) is 13.5. The molecule has 0 saturated carbocycles. The van der Waals surface area contributed by atoms with Gasteiger partial charge in [0.05, 0.1) is 17.9 Å². The molecular formula is C15H21N3O2S2. The van der Waals surface area contributed by atoms with Crippen LogP contribution in [0.3, 0.4) is 0 Å². The van der Waals surface area contributed by atoms with Crippen molar-refractivity contribution < 1.29 is 9.53 Å². The van der Waals surface area contributed by atoms with Gasteiger partial charge in [0, 0.05) is 17.4 Å². The van der Waals surface area contributed by atoms with E-state index < -0.39 is 0 Å². The van der Waals surface area contributed by atoms with E-state index >= 15 is 0 Å². The molecule has 0 aliphatic rings. The van der Waals surface area contributed by atoms with Crippen LogP contribution in [0, 0.1) is 13.8 Å². The van der Waals surface area contributed by atoms with Gasteiger partial charge in [-0.25, -0.2) is 9.97 Å². The summed E-state index contributed by atoms with van der Waals surface area (Å²) in [4.78, 5) is 22.9. The predicted octanol–water partition coefficient (Wildman–Crippen LogP) is 2.94. The average Bonchev–Trinajstić information content (AvgIpc) is 2.79. The lowest BCUT2D eigenvalue weighted by Gasteiger charge is -2.19. The summed E-state index contributed by atoms with van der Waals surface area (Å²) in [5.74, 6) is 0.319. The van der Waals surface area contributed by atoms with Gasteiger partial charge in [-0.05, 0) is 33.3 Å². The van der Waals surface area contributed by atoms with Crippen LogP contribution < -0.4 is 5.32 Å². The van der Waals surface area contributed by atoms with Crippen LogP contribution >= 0.6 is 23.1 Å². The number of aryl methyl sites for hydroxylation is 2. The SMILES string of the molecule is CO[C@H](C)[C@H](C)NC(=O)CSc1ncnc2sc(C)c(C)c12. The molecule has 2 heterocycles. The monoisotopic (exact) mass is 339 g/mol. The van der Waals surface area contributed by atoms with Gasteiger partial charge in [0.1, 0.15) is 16.2 Å². The maximum atomic E-state index is 12.0. The summed E-state index contributed by atoms with van der Waals surface area (Å²) in [6, 6.07) is -0.0198. The van der Waals surface area contributed by atoms with Crippen LogP contribution in [-0.4, -0.2) is 40.9 Å². The number of hydrogen-bond donors (Lipinski definition) is 1. The Bertz CT molecular complexity index is 672. The van der Waals surface area contributed by atoms with Crippen molar-refractivity contribution in [3.8, 4) is 0 Å². The third-order valence-corrected chi connectivity index (χ3v) is 5.84. The number of ether oxygens (including phenoxy) is 1. The van der Waals surface area contributed by atoms with Crippen LogP contribution in [-0.2, 0) is 9.53 Å². The number of thiophene rings is 1. The Morgan fingerprint density at radius 2 is 2.14 bits per heavy atom. The quantitative estimate of drug-likeness (QED) is 0.647. The number of amides is 1. The summed E-state index contributed by atoms with van der Waals surface area (Å²) in [7, 11) is 1.64. The van der Waals surface area contributed by atoms with Gasteiger partial charge in [0.25, 0.3) is 0 Å². The molecule has 7 heteroatoms. The van der Waals surface area contributed by atoms with Crippen molar-refractivity contribution >= 4 is 39.2 Å². The van der Waals surface area contributed by atoms with Crippen LogP contribution in [0.5, 0.6) is 0 Å². The number of fused-ring (bicyclic) bond motifs is 1. The topological polar surface area (TPSA) is 64.1 Å². The molecule has 0 saturated heterocycles. The van der Waals surface area contributed by atoms with Crippen LogP contribution in [0.2, 0.25) is 0 Å². The van der Waals surface area contributed by atoms with Crippen molar-refractivity contribution in [2.75, 3.05) is 12.9 Å². The number of hydrogen-bond acceptors (Lipinski definition) is 6. The molecule has 2 rings (SSSR count). The molecular weight excluding hydrogens is 318 g/mol. The number of carbonyl (C=O) groups is 1. The molecule has 1 amide bonds. The highest BCUT2D eigenvalue weighted by Gasteiger charge is 2.16. The van der Waals surface area contributed by atoms with Gasteiger partial charge in [0.15, 0.2) is 0 Å². The van der Waals surface area contributed by atoms with E-state index in [4.69, 9.17) is 4.74 Å². The Morgan fingerprint density at radius 1 is 1.41 bits per heavy atom. The Hall–Kier alpha value is -1.18.